The van der Waals surface area contributed by atoms with Crippen molar-refractivity contribution in [1.82, 2.24) is 10.2 Å². The third-order valence-corrected chi connectivity index (χ3v) is 3.34. The van der Waals surface area contributed by atoms with Crippen LogP contribution in [0.25, 0.3) is 0 Å². The van der Waals surface area contributed by atoms with Gasteiger partial charge >= 0.3 is 0 Å². The lowest BCUT2D eigenvalue weighted by Gasteiger charge is -2.17. The lowest BCUT2D eigenvalue weighted by atomic mass is 10.0. The predicted molar refractivity (Wildman–Crippen MR) is 99.5 cm³/mol. The highest BCUT2D eigenvalue weighted by molar-refractivity contribution is 5.85. The molecule has 3 N–H and O–H groups in total. The summed E-state index contributed by atoms with van der Waals surface area (Å²) in [6.45, 7) is 3.20. The van der Waals surface area contributed by atoms with E-state index in [4.69, 9.17) is 10.5 Å². The van der Waals surface area contributed by atoms with E-state index in [0.29, 0.717) is 13.0 Å². The van der Waals surface area contributed by atoms with Crippen molar-refractivity contribution >= 4 is 30.7 Å². The second-order valence-electron chi connectivity index (χ2n) is 5.22. The summed E-state index contributed by atoms with van der Waals surface area (Å²) < 4.78 is 5.01. The summed E-state index contributed by atoms with van der Waals surface area (Å²) in [6.07, 6.45) is 1.32. The molecule has 0 saturated heterocycles. The standard InChI is InChI=1S/C16H27N3O2.2ClH/c1-19(10-6-12-21-2)11-9-18-16(20)13-15(17)14-7-4-3-5-8-14;;/h3-5,7-8,15H,6,9-13,17H2,1-2H3,(H,18,20);2*1H. The number of hydrogen-bond acceptors (Lipinski definition) is 4. The lowest BCUT2D eigenvalue weighted by molar-refractivity contribution is -0.121. The van der Waals surface area contributed by atoms with Crippen LogP contribution in [0.4, 0.5) is 0 Å². The molecule has 1 rings (SSSR count). The number of ether oxygens (including phenoxy) is 1. The Morgan fingerprint density at radius 1 is 1.26 bits per heavy atom. The molecule has 134 valence electrons. The number of carbonyl (C=O) groups is 1. The van der Waals surface area contributed by atoms with E-state index in [-0.39, 0.29) is 36.8 Å². The fourth-order valence-corrected chi connectivity index (χ4v) is 2.07. The van der Waals surface area contributed by atoms with Crippen LogP contribution in [0.3, 0.4) is 0 Å². The van der Waals surface area contributed by atoms with Gasteiger partial charge in [-0.1, -0.05) is 30.3 Å². The molecule has 0 saturated carbocycles. The van der Waals surface area contributed by atoms with Crippen molar-refractivity contribution in [2.45, 2.75) is 18.9 Å². The summed E-state index contributed by atoms with van der Waals surface area (Å²) in [7, 11) is 3.74. The van der Waals surface area contributed by atoms with Crippen LogP contribution in [0.2, 0.25) is 0 Å². The van der Waals surface area contributed by atoms with E-state index >= 15 is 0 Å². The van der Waals surface area contributed by atoms with Gasteiger partial charge in [0.2, 0.25) is 5.91 Å². The first-order valence-electron chi connectivity index (χ1n) is 7.38. The maximum atomic E-state index is 11.8. The number of rotatable bonds is 10. The molecule has 1 atom stereocenters. The number of carbonyl (C=O) groups excluding carboxylic acids is 1. The predicted octanol–water partition coefficient (Wildman–Crippen LogP) is 2.00. The Morgan fingerprint density at radius 2 is 1.91 bits per heavy atom. The van der Waals surface area contributed by atoms with E-state index in [1.54, 1.807) is 7.11 Å². The molecule has 1 aromatic rings. The van der Waals surface area contributed by atoms with Crippen LogP contribution < -0.4 is 11.1 Å². The molecule has 1 unspecified atom stereocenters. The largest absolute Gasteiger partial charge is 0.385 e. The number of amides is 1. The minimum atomic E-state index is -0.245. The minimum absolute atomic E-state index is 0. The molecule has 1 aromatic carbocycles. The molecule has 0 aliphatic carbocycles. The van der Waals surface area contributed by atoms with E-state index < -0.39 is 0 Å². The number of nitrogens with two attached hydrogens (primary N) is 1. The summed E-state index contributed by atoms with van der Waals surface area (Å²) >= 11 is 0. The Kier molecular flexibility index (Phi) is 15.6. The third kappa shape index (κ3) is 11.3. The van der Waals surface area contributed by atoms with E-state index in [1.165, 1.54) is 0 Å². The van der Waals surface area contributed by atoms with Crippen LogP contribution in [0.1, 0.15) is 24.4 Å². The summed E-state index contributed by atoms with van der Waals surface area (Å²) in [5, 5.41) is 2.91. The Bertz CT molecular complexity index is 408. The van der Waals surface area contributed by atoms with Crippen molar-refractivity contribution in [1.29, 1.82) is 0 Å². The van der Waals surface area contributed by atoms with Crippen LogP contribution in [0.15, 0.2) is 30.3 Å². The maximum Gasteiger partial charge on any atom is 0.221 e. The van der Waals surface area contributed by atoms with Gasteiger partial charge in [-0.15, -0.1) is 24.8 Å². The molecule has 0 fully saturated rings. The van der Waals surface area contributed by atoms with Crippen molar-refractivity contribution < 1.29 is 9.53 Å². The summed E-state index contributed by atoms with van der Waals surface area (Å²) in [5.41, 5.74) is 7.01. The first-order valence-corrected chi connectivity index (χ1v) is 7.38. The molecule has 0 aromatic heterocycles. The van der Waals surface area contributed by atoms with Crippen molar-refractivity contribution in [3.05, 3.63) is 35.9 Å². The highest BCUT2D eigenvalue weighted by Crippen LogP contribution is 2.12. The average molecular weight is 366 g/mol. The van der Waals surface area contributed by atoms with Gasteiger partial charge in [0.1, 0.15) is 0 Å². The zero-order valence-electron chi connectivity index (χ0n) is 13.9. The zero-order chi connectivity index (χ0) is 15.5. The zero-order valence-corrected chi connectivity index (χ0v) is 15.5. The number of hydrogen-bond donors (Lipinski definition) is 2. The van der Waals surface area contributed by atoms with Gasteiger partial charge in [-0.05, 0) is 19.0 Å². The molecule has 5 nitrogen and oxygen atoms in total. The Balaban J connectivity index is 0. The van der Waals surface area contributed by atoms with E-state index in [1.807, 2.05) is 37.4 Å². The number of likely N-dealkylation sites (N-methyl/N-ethyl adjacent to an activating group) is 1. The van der Waals surface area contributed by atoms with E-state index in [0.717, 1.165) is 31.7 Å². The van der Waals surface area contributed by atoms with Gasteiger partial charge in [-0.3, -0.25) is 4.79 Å². The molecule has 0 aliphatic heterocycles. The van der Waals surface area contributed by atoms with Gasteiger partial charge in [-0.2, -0.15) is 0 Å². The maximum absolute atomic E-state index is 11.8. The number of methoxy groups -OCH3 is 1. The van der Waals surface area contributed by atoms with Crippen molar-refractivity contribution in [2.24, 2.45) is 5.73 Å². The van der Waals surface area contributed by atoms with E-state index in [9.17, 15) is 4.79 Å². The van der Waals surface area contributed by atoms with Gasteiger partial charge in [-0.25, -0.2) is 0 Å². The second kappa shape index (κ2) is 14.7. The Morgan fingerprint density at radius 3 is 2.52 bits per heavy atom. The van der Waals surface area contributed by atoms with Crippen molar-refractivity contribution in [3.63, 3.8) is 0 Å². The van der Waals surface area contributed by atoms with Gasteiger partial charge in [0.15, 0.2) is 0 Å². The summed E-state index contributed by atoms with van der Waals surface area (Å²) in [5.74, 6) is -0.00311. The normalized spacial score (nSPS) is 11.3. The van der Waals surface area contributed by atoms with Crippen molar-refractivity contribution in [2.75, 3.05) is 40.4 Å². The third-order valence-electron chi connectivity index (χ3n) is 3.34. The van der Waals surface area contributed by atoms with Crippen LogP contribution in [0.5, 0.6) is 0 Å². The van der Waals surface area contributed by atoms with Crippen LogP contribution in [0, 0.1) is 0 Å². The Labute approximate surface area is 151 Å². The monoisotopic (exact) mass is 365 g/mol. The van der Waals surface area contributed by atoms with Crippen LogP contribution in [-0.4, -0.2) is 51.2 Å². The van der Waals surface area contributed by atoms with Crippen LogP contribution >= 0.6 is 24.8 Å². The fourth-order valence-electron chi connectivity index (χ4n) is 2.07. The SMILES string of the molecule is COCCCN(C)CCNC(=O)CC(N)c1ccccc1.Cl.Cl. The molecule has 7 heteroatoms. The number of nitrogens with zero attached hydrogens (tertiary/aromatic N) is 1. The number of halogens is 2. The molecule has 1 amide bonds. The van der Waals surface area contributed by atoms with Crippen LogP contribution in [-0.2, 0) is 9.53 Å². The van der Waals surface area contributed by atoms with Gasteiger partial charge in [0.25, 0.3) is 0 Å². The van der Waals surface area contributed by atoms with Gasteiger partial charge in [0.05, 0.1) is 0 Å². The highest BCUT2D eigenvalue weighted by atomic mass is 35.5. The summed E-state index contributed by atoms with van der Waals surface area (Å²) in [6, 6.07) is 9.45. The smallest absolute Gasteiger partial charge is 0.221 e. The number of benzene rings is 1. The fraction of sp³-hybridized carbons (Fsp3) is 0.562. The quantitative estimate of drug-likeness (QED) is 0.622. The molecular weight excluding hydrogens is 337 g/mol. The molecule has 23 heavy (non-hydrogen) atoms. The molecule has 0 spiro atoms. The molecular formula is C16H29Cl2N3O2. The molecule has 0 bridgehead atoms. The first-order chi connectivity index (χ1) is 10.1. The molecule has 0 radical (unpaired) electrons. The molecule has 0 heterocycles. The van der Waals surface area contributed by atoms with Crippen molar-refractivity contribution in [3.8, 4) is 0 Å². The van der Waals surface area contributed by atoms with Gasteiger partial charge in [0, 0.05) is 45.8 Å². The molecule has 0 aliphatic rings. The van der Waals surface area contributed by atoms with Gasteiger partial charge < -0.3 is 20.7 Å². The Hall–Kier alpha value is -0.850. The second-order valence-corrected chi connectivity index (χ2v) is 5.22. The summed E-state index contributed by atoms with van der Waals surface area (Å²) in [4.78, 5) is 14.0. The van der Waals surface area contributed by atoms with E-state index in [2.05, 4.69) is 10.2 Å². The average Bonchev–Trinajstić information content (AvgIpc) is 2.48. The minimum Gasteiger partial charge on any atom is -0.385 e. The highest BCUT2D eigenvalue weighted by Gasteiger charge is 2.11. The number of nitrogens with one attached hydrogen (secondary N) is 1. The first kappa shape index (κ1) is 24.4. The topological polar surface area (TPSA) is 67.6 Å². The lowest BCUT2D eigenvalue weighted by Crippen LogP contribution is -2.35.